The number of nitrogens with zero attached hydrogens (tertiary/aromatic N) is 2. The normalized spacial score (nSPS) is 20.9. The number of rotatable bonds is 5. The molecule has 0 radical (unpaired) electrons. The Balaban J connectivity index is 1.44. The number of nitrogens with two attached hydrogens (primary N) is 1. The molecule has 2 heterocycles. The third kappa shape index (κ3) is 5.27. The number of piperidine rings is 1. The predicted octanol–water partition coefficient (Wildman–Crippen LogP) is 0.880. The molecule has 2 aliphatic rings. The molecule has 2 aliphatic heterocycles. The van der Waals surface area contributed by atoms with Gasteiger partial charge in [-0.3, -0.25) is 14.6 Å². The highest BCUT2D eigenvalue weighted by Gasteiger charge is 2.18. The van der Waals surface area contributed by atoms with Crippen molar-refractivity contribution in [3.8, 4) is 0 Å². The molecule has 24 heavy (non-hydrogen) atoms. The molecular weight excluding hydrogens is 304 g/mol. The van der Waals surface area contributed by atoms with E-state index in [4.69, 9.17) is 10.5 Å². The van der Waals surface area contributed by atoms with Gasteiger partial charge in [-0.15, -0.1) is 0 Å². The first kappa shape index (κ1) is 17.4. The molecule has 2 saturated heterocycles. The lowest BCUT2D eigenvalue weighted by Crippen LogP contribution is -2.43. The Hall–Kier alpha value is -1.47. The van der Waals surface area contributed by atoms with Crippen molar-refractivity contribution >= 4 is 11.6 Å². The Morgan fingerprint density at radius 2 is 1.75 bits per heavy atom. The maximum Gasteiger partial charge on any atom is 0.238 e. The largest absolute Gasteiger partial charge is 0.379 e. The van der Waals surface area contributed by atoms with Gasteiger partial charge in [-0.25, -0.2) is 0 Å². The summed E-state index contributed by atoms with van der Waals surface area (Å²) in [5.74, 6) is 0.0476. The Morgan fingerprint density at radius 3 is 2.42 bits per heavy atom. The number of ether oxygens (including phenoxy) is 1. The lowest BCUT2D eigenvalue weighted by atomic mass is 10.1. The third-order valence-electron chi connectivity index (χ3n) is 4.75. The quantitative estimate of drug-likeness (QED) is 0.838. The number of nitrogens with one attached hydrogen (secondary N) is 1. The van der Waals surface area contributed by atoms with E-state index in [1.54, 1.807) is 0 Å². The van der Waals surface area contributed by atoms with E-state index in [0.717, 1.165) is 64.5 Å². The summed E-state index contributed by atoms with van der Waals surface area (Å²) in [6, 6.07) is 8.44. The zero-order valence-electron chi connectivity index (χ0n) is 14.2. The van der Waals surface area contributed by atoms with Crippen molar-refractivity contribution in [2.45, 2.75) is 25.4 Å². The molecule has 3 rings (SSSR count). The second-order valence-corrected chi connectivity index (χ2v) is 6.75. The van der Waals surface area contributed by atoms with E-state index in [9.17, 15) is 4.79 Å². The number of likely N-dealkylation sites (tertiary alicyclic amines) is 1. The third-order valence-corrected chi connectivity index (χ3v) is 4.75. The number of amides is 1. The average molecular weight is 332 g/mol. The summed E-state index contributed by atoms with van der Waals surface area (Å²) in [4.78, 5) is 16.7. The summed E-state index contributed by atoms with van der Waals surface area (Å²) in [7, 11) is 0. The van der Waals surface area contributed by atoms with Crippen molar-refractivity contribution in [2.75, 3.05) is 51.3 Å². The van der Waals surface area contributed by atoms with Crippen LogP contribution in [0.4, 0.5) is 5.69 Å². The summed E-state index contributed by atoms with van der Waals surface area (Å²) in [5, 5.41) is 2.99. The van der Waals surface area contributed by atoms with Crippen LogP contribution in [0.2, 0.25) is 0 Å². The molecule has 0 aliphatic carbocycles. The molecule has 1 aromatic rings. The van der Waals surface area contributed by atoms with E-state index in [-0.39, 0.29) is 5.91 Å². The van der Waals surface area contributed by atoms with Crippen LogP contribution in [-0.4, -0.2) is 67.7 Å². The van der Waals surface area contributed by atoms with E-state index < -0.39 is 0 Å². The molecular formula is C18H28N4O2. The molecule has 0 unspecified atom stereocenters. The Bertz CT molecular complexity index is 520. The van der Waals surface area contributed by atoms with Crippen molar-refractivity contribution < 1.29 is 9.53 Å². The van der Waals surface area contributed by atoms with Crippen molar-refractivity contribution in [3.05, 3.63) is 29.8 Å². The molecule has 3 N–H and O–H groups in total. The van der Waals surface area contributed by atoms with E-state index in [2.05, 4.69) is 27.2 Å². The van der Waals surface area contributed by atoms with Crippen molar-refractivity contribution in [1.82, 2.24) is 9.80 Å². The van der Waals surface area contributed by atoms with E-state index in [1.165, 1.54) is 5.56 Å². The zero-order valence-corrected chi connectivity index (χ0v) is 14.2. The Morgan fingerprint density at radius 1 is 1.08 bits per heavy atom. The highest BCUT2D eigenvalue weighted by Crippen LogP contribution is 2.13. The van der Waals surface area contributed by atoms with Gasteiger partial charge in [0.15, 0.2) is 0 Å². The molecule has 132 valence electrons. The molecule has 0 aromatic heterocycles. The van der Waals surface area contributed by atoms with Gasteiger partial charge in [-0.2, -0.15) is 0 Å². The SMILES string of the molecule is NC1CCN(CC(=O)Nc2ccc(CN3CCOCC3)cc2)CC1. The van der Waals surface area contributed by atoms with Crippen LogP contribution < -0.4 is 11.1 Å². The molecule has 6 nitrogen and oxygen atoms in total. The van der Waals surface area contributed by atoms with Gasteiger partial charge < -0.3 is 15.8 Å². The molecule has 1 amide bonds. The van der Waals surface area contributed by atoms with Crippen molar-refractivity contribution in [1.29, 1.82) is 0 Å². The van der Waals surface area contributed by atoms with Crippen LogP contribution in [0.25, 0.3) is 0 Å². The second kappa shape index (κ2) is 8.58. The fraction of sp³-hybridized carbons (Fsp3) is 0.611. The van der Waals surface area contributed by atoms with E-state index in [0.29, 0.717) is 12.6 Å². The van der Waals surface area contributed by atoms with Crippen LogP contribution in [0.1, 0.15) is 18.4 Å². The minimum absolute atomic E-state index is 0.0476. The Kier molecular flexibility index (Phi) is 6.20. The van der Waals surface area contributed by atoms with E-state index in [1.807, 2.05) is 12.1 Å². The topological polar surface area (TPSA) is 70.8 Å². The molecule has 2 fully saturated rings. The molecule has 0 atom stereocenters. The lowest BCUT2D eigenvalue weighted by Gasteiger charge is -2.29. The number of carbonyl (C=O) groups is 1. The minimum atomic E-state index is 0.0476. The van der Waals surface area contributed by atoms with Gasteiger partial charge in [-0.1, -0.05) is 12.1 Å². The average Bonchev–Trinajstić information content (AvgIpc) is 2.60. The summed E-state index contributed by atoms with van der Waals surface area (Å²) in [6.45, 7) is 6.80. The predicted molar refractivity (Wildman–Crippen MR) is 94.8 cm³/mol. The van der Waals surface area contributed by atoms with Gasteiger partial charge in [0.05, 0.1) is 19.8 Å². The molecule has 0 spiro atoms. The fourth-order valence-electron chi connectivity index (χ4n) is 3.23. The summed E-state index contributed by atoms with van der Waals surface area (Å²) in [5.41, 5.74) is 8.02. The van der Waals surface area contributed by atoms with Gasteiger partial charge in [0.1, 0.15) is 0 Å². The first-order valence-corrected chi connectivity index (χ1v) is 8.86. The molecule has 6 heteroatoms. The van der Waals surface area contributed by atoms with Crippen LogP contribution in [0.3, 0.4) is 0 Å². The van der Waals surface area contributed by atoms with Crippen molar-refractivity contribution in [2.24, 2.45) is 5.73 Å². The van der Waals surface area contributed by atoms with Crippen LogP contribution in [0.15, 0.2) is 24.3 Å². The standard InChI is InChI=1S/C18H28N4O2/c19-16-5-7-21(8-6-16)14-18(23)20-17-3-1-15(2-4-17)13-22-9-11-24-12-10-22/h1-4,16H,5-14,19H2,(H,20,23). The Labute approximate surface area is 143 Å². The number of anilines is 1. The molecule has 0 bridgehead atoms. The maximum atomic E-state index is 12.2. The van der Waals surface area contributed by atoms with Gasteiger partial charge >= 0.3 is 0 Å². The van der Waals surface area contributed by atoms with Gasteiger partial charge in [-0.05, 0) is 30.5 Å². The fourth-order valence-corrected chi connectivity index (χ4v) is 3.23. The number of morpholine rings is 1. The summed E-state index contributed by atoms with van der Waals surface area (Å²) >= 11 is 0. The molecule has 1 aromatic carbocycles. The zero-order chi connectivity index (χ0) is 16.8. The van der Waals surface area contributed by atoms with Gasteiger partial charge in [0.2, 0.25) is 5.91 Å². The minimum Gasteiger partial charge on any atom is -0.379 e. The first-order valence-electron chi connectivity index (χ1n) is 8.86. The smallest absolute Gasteiger partial charge is 0.238 e. The van der Waals surface area contributed by atoms with E-state index >= 15 is 0 Å². The van der Waals surface area contributed by atoms with Crippen LogP contribution in [-0.2, 0) is 16.1 Å². The number of carbonyl (C=O) groups excluding carboxylic acids is 1. The van der Waals surface area contributed by atoms with Gasteiger partial charge in [0, 0.05) is 44.5 Å². The number of hydrogen-bond donors (Lipinski definition) is 2. The highest BCUT2D eigenvalue weighted by atomic mass is 16.5. The number of hydrogen-bond acceptors (Lipinski definition) is 5. The number of benzene rings is 1. The lowest BCUT2D eigenvalue weighted by molar-refractivity contribution is -0.117. The summed E-state index contributed by atoms with van der Waals surface area (Å²) in [6.07, 6.45) is 1.95. The van der Waals surface area contributed by atoms with Crippen LogP contribution >= 0.6 is 0 Å². The van der Waals surface area contributed by atoms with Crippen molar-refractivity contribution in [3.63, 3.8) is 0 Å². The maximum absolute atomic E-state index is 12.2. The summed E-state index contributed by atoms with van der Waals surface area (Å²) < 4.78 is 5.37. The molecule has 0 saturated carbocycles. The highest BCUT2D eigenvalue weighted by molar-refractivity contribution is 5.92. The van der Waals surface area contributed by atoms with Gasteiger partial charge in [0.25, 0.3) is 0 Å². The second-order valence-electron chi connectivity index (χ2n) is 6.75. The first-order chi connectivity index (χ1) is 11.7. The van der Waals surface area contributed by atoms with Crippen LogP contribution in [0, 0.1) is 0 Å². The monoisotopic (exact) mass is 332 g/mol. The van der Waals surface area contributed by atoms with Crippen LogP contribution in [0.5, 0.6) is 0 Å².